The summed E-state index contributed by atoms with van der Waals surface area (Å²) in [6.45, 7) is 5.74. The molecular weight excluding hydrogens is 398 g/mol. The van der Waals surface area contributed by atoms with Gasteiger partial charge < -0.3 is 9.80 Å². The van der Waals surface area contributed by atoms with Crippen LogP contribution in [0.1, 0.15) is 35.7 Å². The summed E-state index contributed by atoms with van der Waals surface area (Å²) >= 11 is 0. The van der Waals surface area contributed by atoms with Crippen molar-refractivity contribution in [3.05, 3.63) is 65.7 Å². The number of rotatable bonds is 8. The molecule has 0 aromatic heterocycles. The lowest BCUT2D eigenvalue weighted by molar-refractivity contribution is 0.0762. The Morgan fingerprint density at radius 3 is 2.47 bits per heavy atom. The van der Waals surface area contributed by atoms with E-state index in [2.05, 4.69) is 33.9 Å². The molecule has 1 amide bonds. The lowest BCUT2D eigenvalue weighted by Crippen LogP contribution is -2.36. The van der Waals surface area contributed by atoms with Crippen molar-refractivity contribution in [1.82, 2.24) is 9.80 Å². The Kier molecular flexibility index (Phi) is 7.87. The van der Waals surface area contributed by atoms with E-state index < -0.39 is 10.0 Å². The molecule has 1 saturated heterocycles. The number of sulfonamides is 1. The fourth-order valence-corrected chi connectivity index (χ4v) is 4.38. The molecule has 0 unspecified atom stereocenters. The van der Waals surface area contributed by atoms with E-state index in [1.54, 1.807) is 31.2 Å². The number of nitrogens with zero attached hydrogens (tertiary/aromatic N) is 2. The Labute approximate surface area is 179 Å². The molecular formula is C23H31N3O3S. The minimum atomic E-state index is -3.44. The van der Waals surface area contributed by atoms with E-state index in [1.807, 2.05) is 11.0 Å². The molecule has 0 aliphatic carbocycles. The molecule has 0 spiro atoms. The third kappa shape index (κ3) is 6.31. The summed E-state index contributed by atoms with van der Waals surface area (Å²) in [7, 11) is -3.44. The molecule has 7 heteroatoms. The molecule has 0 bridgehead atoms. The molecule has 1 aliphatic rings. The molecule has 1 heterocycles. The van der Waals surface area contributed by atoms with Gasteiger partial charge in [0.15, 0.2) is 0 Å². The number of para-hydroxylation sites is 1. The fourth-order valence-electron chi connectivity index (χ4n) is 3.72. The number of carbonyl (C=O) groups is 1. The van der Waals surface area contributed by atoms with Crippen LogP contribution in [0.3, 0.4) is 0 Å². The van der Waals surface area contributed by atoms with Crippen molar-refractivity contribution in [3.63, 3.8) is 0 Å². The highest BCUT2D eigenvalue weighted by molar-refractivity contribution is 7.92. The average molecular weight is 430 g/mol. The topological polar surface area (TPSA) is 69.7 Å². The molecule has 3 rings (SSSR count). The fraction of sp³-hybridized carbons (Fsp3) is 0.435. The second-order valence-electron chi connectivity index (χ2n) is 7.63. The van der Waals surface area contributed by atoms with Gasteiger partial charge in [-0.2, -0.15) is 0 Å². The largest absolute Gasteiger partial charge is 0.337 e. The van der Waals surface area contributed by atoms with Crippen molar-refractivity contribution in [2.45, 2.75) is 26.2 Å². The minimum Gasteiger partial charge on any atom is -0.337 e. The highest BCUT2D eigenvalue weighted by Gasteiger charge is 2.23. The zero-order valence-corrected chi connectivity index (χ0v) is 18.4. The van der Waals surface area contributed by atoms with Gasteiger partial charge in [0.2, 0.25) is 10.0 Å². The lowest BCUT2D eigenvalue weighted by atomic mass is 10.1. The van der Waals surface area contributed by atoms with Crippen LogP contribution in [0.2, 0.25) is 0 Å². The monoisotopic (exact) mass is 429 g/mol. The van der Waals surface area contributed by atoms with E-state index in [0.29, 0.717) is 24.3 Å². The van der Waals surface area contributed by atoms with Crippen LogP contribution in [0.25, 0.3) is 0 Å². The first-order chi connectivity index (χ1) is 14.5. The Morgan fingerprint density at radius 1 is 0.967 bits per heavy atom. The number of amides is 1. The summed E-state index contributed by atoms with van der Waals surface area (Å²) in [5.41, 5.74) is 2.12. The molecule has 2 aromatic rings. The van der Waals surface area contributed by atoms with Crippen molar-refractivity contribution in [2.24, 2.45) is 0 Å². The highest BCUT2D eigenvalue weighted by atomic mass is 32.2. The van der Waals surface area contributed by atoms with Crippen molar-refractivity contribution in [2.75, 3.05) is 43.2 Å². The molecule has 0 radical (unpaired) electrons. The van der Waals surface area contributed by atoms with Gasteiger partial charge in [-0.15, -0.1) is 0 Å². The molecule has 1 fully saturated rings. The lowest BCUT2D eigenvalue weighted by Gasteiger charge is -2.23. The summed E-state index contributed by atoms with van der Waals surface area (Å²) in [6, 6.07) is 17.3. The number of hydrogen-bond donors (Lipinski definition) is 1. The van der Waals surface area contributed by atoms with Gasteiger partial charge in [-0.05, 0) is 57.0 Å². The van der Waals surface area contributed by atoms with Crippen molar-refractivity contribution in [3.8, 4) is 0 Å². The highest BCUT2D eigenvalue weighted by Crippen LogP contribution is 2.20. The standard InChI is InChI=1S/C23H31N3O3S/c1-2-30(28,29)24-22-14-7-6-13-21(22)23(27)26-17-9-16-25(18-19-26)15-8-12-20-10-4-3-5-11-20/h3-7,10-11,13-14,24H,2,8-9,12,15-19H2,1H3. The molecule has 30 heavy (non-hydrogen) atoms. The number of hydrogen-bond acceptors (Lipinski definition) is 4. The van der Waals surface area contributed by atoms with E-state index >= 15 is 0 Å². The minimum absolute atomic E-state index is 0.0306. The molecule has 1 aliphatic heterocycles. The predicted molar refractivity (Wildman–Crippen MR) is 121 cm³/mol. The summed E-state index contributed by atoms with van der Waals surface area (Å²) < 4.78 is 26.5. The first-order valence-electron chi connectivity index (χ1n) is 10.6. The molecule has 0 saturated carbocycles. The van der Waals surface area contributed by atoms with Gasteiger partial charge >= 0.3 is 0 Å². The first-order valence-corrected chi connectivity index (χ1v) is 12.3. The van der Waals surface area contributed by atoms with Gasteiger partial charge in [0.25, 0.3) is 5.91 Å². The third-order valence-corrected chi connectivity index (χ3v) is 6.75. The van der Waals surface area contributed by atoms with E-state index in [0.717, 1.165) is 38.9 Å². The Bertz CT molecular complexity index is 932. The zero-order chi connectivity index (χ0) is 21.4. The van der Waals surface area contributed by atoms with Crippen LogP contribution in [0, 0.1) is 0 Å². The van der Waals surface area contributed by atoms with Crippen molar-refractivity contribution >= 4 is 21.6 Å². The number of benzene rings is 2. The number of carbonyl (C=O) groups excluding carboxylic acids is 1. The van der Waals surface area contributed by atoms with Crippen LogP contribution in [-0.4, -0.2) is 62.6 Å². The van der Waals surface area contributed by atoms with Gasteiger partial charge in [-0.3, -0.25) is 9.52 Å². The van der Waals surface area contributed by atoms with Crippen LogP contribution in [0.4, 0.5) is 5.69 Å². The van der Waals surface area contributed by atoms with Crippen LogP contribution in [0.15, 0.2) is 54.6 Å². The van der Waals surface area contributed by atoms with Gasteiger partial charge in [0, 0.05) is 19.6 Å². The maximum Gasteiger partial charge on any atom is 0.256 e. The Hall–Kier alpha value is -2.38. The average Bonchev–Trinajstić information content (AvgIpc) is 3.00. The number of aryl methyl sites for hydroxylation is 1. The van der Waals surface area contributed by atoms with Crippen molar-refractivity contribution < 1.29 is 13.2 Å². The molecule has 1 N–H and O–H groups in total. The number of anilines is 1. The van der Waals surface area contributed by atoms with E-state index in [-0.39, 0.29) is 11.7 Å². The molecule has 6 nitrogen and oxygen atoms in total. The van der Waals surface area contributed by atoms with Crippen LogP contribution < -0.4 is 4.72 Å². The second kappa shape index (κ2) is 10.6. The van der Waals surface area contributed by atoms with E-state index in [9.17, 15) is 13.2 Å². The Balaban J connectivity index is 1.57. The predicted octanol–water partition coefficient (Wildman–Crippen LogP) is 3.23. The van der Waals surface area contributed by atoms with Gasteiger partial charge in [-0.25, -0.2) is 8.42 Å². The second-order valence-corrected chi connectivity index (χ2v) is 9.64. The van der Waals surface area contributed by atoms with E-state index in [1.165, 1.54) is 5.56 Å². The molecule has 2 aromatic carbocycles. The van der Waals surface area contributed by atoms with Crippen molar-refractivity contribution in [1.29, 1.82) is 0 Å². The normalized spacial score (nSPS) is 15.6. The van der Waals surface area contributed by atoms with E-state index in [4.69, 9.17) is 0 Å². The Morgan fingerprint density at radius 2 is 1.70 bits per heavy atom. The third-order valence-electron chi connectivity index (χ3n) is 5.46. The quantitative estimate of drug-likeness (QED) is 0.700. The van der Waals surface area contributed by atoms with Gasteiger partial charge in [0.05, 0.1) is 17.0 Å². The maximum atomic E-state index is 13.1. The molecule has 162 valence electrons. The van der Waals surface area contributed by atoms with Crippen LogP contribution >= 0.6 is 0 Å². The SMILES string of the molecule is CCS(=O)(=O)Nc1ccccc1C(=O)N1CCCN(CCCc2ccccc2)CC1. The summed E-state index contributed by atoms with van der Waals surface area (Å²) in [5, 5.41) is 0. The summed E-state index contributed by atoms with van der Waals surface area (Å²) in [4.78, 5) is 17.4. The first kappa shape index (κ1) is 22.3. The van der Waals surface area contributed by atoms with Crippen LogP contribution in [-0.2, 0) is 16.4 Å². The summed E-state index contributed by atoms with van der Waals surface area (Å²) in [5.74, 6) is -0.146. The number of nitrogens with one attached hydrogen (secondary N) is 1. The smallest absolute Gasteiger partial charge is 0.256 e. The summed E-state index contributed by atoms with van der Waals surface area (Å²) in [6.07, 6.45) is 3.07. The van der Waals surface area contributed by atoms with Gasteiger partial charge in [-0.1, -0.05) is 42.5 Å². The van der Waals surface area contributed by atoms with Gasteiger partial charge in [0.1, 0.15) is 0 Å². The maximum absolute atomic E-state index is 13.1. The molecule has 0 atom stereocenters. The zero-order valence-electron chi connectivity index (χ0n) is 17.6. The van der Waals surface area contributed by atoms with Crippen LogP contribution in [0.5, 0.6) is 0 Å².